The zero-order valence-corrected chi connectivity index (χ0v) is 14.0. The molecule has 2 aliphatic rings. The molecule has 0 spiro atoms. The first-order valence-electron chi connectivity index (χ1n) is 8.48. The first kappa shape index (κ1) is 16.6. The first-order valence-corrected chi connectivity index (χ1v) is 8.48. The van der Waals surface area contributed by atoms with Gasteiger partial charge in [0.05, 0.1) is 0 Å². The van der Waals surface area contributed by atoms with Crippen LogP contribution in [0.1, 0.15) is 38.5 Å². The molecule has 1 N–H and O–H groups in total. The van der Waals surface area contributed by atoms with Gasteiger partial charge in [0.2, 0.25) is 0 Å². The number of hydrogen-bond acceptors (Lipinski definition) is 3. The van der Waals surface area contributed by atoms with Crippen LogP contribution in [0.5, 0.6) is 0 Å². The fourth-order valence-corrected chi connectivity index (χ4v) is 3.53. The molecule has 5 heteroatoms. The summed E-state index contributed by atoms with van der Waals surface area (Å²) in [4.78, 5) is 18.0. The lowest BCUT2D eigenvalue weighted by Crippen LogP contribution is -2.49. The van der Waals surface area contributed by atoms with Gasteiger partial charge in [-0.15, -0.1) is 0 Å². The van der Waals surface area contributed by atoms with E-state index >= 15 is 0 Å². The largest absolute Gasteiger partial charge is 0.331 e. The number of piperidine rings is 1. The van der Waals surface area contributed by atoms with Crippen LogP contribution >= 0.6 is 0 Å². The van der Waals surface area contributed by atoms with Gasteiger partial charge in [0.25, 0.3) is 0 Å². The van der Waals surface area contributed by atoms with E-state index in [4.69, 9.17) is 0 Å². The van der Waals surface area contributed by atoms with Crippen molar-refractivity contribution in [2.75, 3.05) is 47.3 Å². The van der Waals surface area contributed by atoms with Gasteiger partial charge in [-0.1, -0.05) is 12.8 Å². The summed E-state index contributed by atoms with van der Waals surface area (Å²) in [6.07, 6.45) is 7.71. The summed E-state index contributed by atoms with van der Waals surface area (Å²) in [5.74, 6) is 0. The Kier molecular flexibility index (Phi) is 6.30. The number of nitrogens with zero attached hydrogens (tertiary/aromatic N) is 3. The molecule has 0 aromatic heterocycles. The van der Waals surface area contributed by atoms with Gasteiger partial charge < -0.3 is 20.0 Å². The van der Waals surface area contributed by atoms with Crippen LogP contribution in [0.4, 0.5) is 4.79 Å². The van der Waals surface area contributed by atoms with Gasteiger partial charge >= 0.3 is 6.03 Å². The van der Waals surface area contributed by atoms with E-state index in [1.165, 1.54) is 25.7 Å². The van der Waals surface area contributed by atoms with Gasteiger partial charge in [0.15, 0.2) is 0 Å². The number of likely N-dealkylation sites (tertiary alicyclic amines) is 1. The van der Waals surface area contributed by atoms with Crippen molar-refractivity contribution in [2.45, 2.75) is 50.6 Å². The number of hydrogen-bond donors (Lipinski definition) is 1. The summed E-state index contributed by atoms with van der Waals surface area (Å²) in [6.45, 7) is 3.97. The fourth-order valence-electron chi connectivity index (χ4n) is 3.53. The standard InChI is InChI=1S/C16H32N4O/c1-18(2)16(21)20-11-8-14(9-12-20)17-10-13-19(3)15-6-4-5-7-15/h14-15,17H,4-13H2,1-3H3. The number of carbonyl (C=O) groups is 1. The highest BCUT2D eigenvalue weighted by atomic mass is 16.2. The Labute approximate surface area is 129 Å². The molecule has 5 nitrogen and oxygen atoms in total. The molecule has 2 amide bonds. The SMILES string of the molecule is CN(C)C(=O)N1CCC(NCCN(C)C2CCCC2)CC1. The Morgan fingerprint density at radius 3 is 2.29 bits per heavy atom. The lowest BCUT2D eigenvalue weighted by atomic mass is 10.1. The van der Waals surface area contributed by atoms with Gasteiger partial charge in [-0.05, 0) is 32.7 Å². The van der Waals surface area contributed by atoms with Crippen molar-refractivity contribution in [3.63, 3.8) is 0 Å². The molecule has 0 radical (unpaired) electrons. The Morgan fingerprint density at radius 1 is 1.10 bits per heavy atom. The van der Waals surface area contributed by atoms with Gasteiger partial charge in [-0.2, -0.15) is 0 Å². The predicted molar refractivity (Wildman–Crippen MR) is 86.6 cm³/mol. The highest BCUT2D eigenvalue weighted by Crippen LogP contribution is 2.21. The van der Waals surface area contributed by atoms with E-state index in [-0.39, 0.29) is 6.03 Å². The molecule has 1 saturated carbocycles. The van der Waals surface area contributed by atoms with Crippen molar-refractivity contribution >= 4 is 6.03 Å². The summed E-state index contributed by atoms with van der Waals surface area (Å²) in [6, 6.07) is 1.54. The quantitative estimate of drug-likeness (QED) is 0.837. The molecule has 122 valence electrons. The minimum atomic E-state index is 0.148. The number of rotatable bonds is 5. The van der Waals surface area contributed by atoms with Crippen LogP contribution in [-0.4, -0.2) is 80.1 Å². The van der Waals surface area contributed by atoms with Crippen molar-refractivity contribution in [2.24, 2.45) is 0 Å². The number of carbonyl (C=O) groups excluding carboxylic acids is 1. The normalized spacial score (nSPS) is 21.2. The Bertz CT molecular complexity index is 320. The molecule has 1 heterocycles. The molecule has 1 aliphatic heterocycles. The third-order valence-corrected chi connectivity index (χ3v) is 4.99. The summed E-state index contributed by atoms with van der Waals surface area (Å²) in [7, 11) is 5.91. The molecule has 0 aromatic carbocycles. The minimum Gasteiger partial charge on any atom is -0.331 e. The van der Waals surface area contributed by atoms with E-state index in [0.29, 0.717) is 6.04 Å². The average molecular weight is 296 g/mol. The molecule has 1 saturated heterocycles. The number of amides is 2. The molecular formula is C16H32N4O. The second kappa shape index (κ2) is 7.99. The van der Waals surface area contributed by atoms with E-state index in [1.54, 1.807) is 4.90 Å². The minimum absolute atomic E-state index is 0.148. The Morgan fingerprint density at radius 2 is 1.71 bits per heavy atom. The van der Waals surface area contributed by atoms with Crippen LogP contribution in [0.15, 0.2) is 0 Å². The van der Waals surface area contributed by atoms with E-state index < -0.39 is 0 Å². The van der Waals surface area contributed by atoms with Gasteiger partial charge in [0, 0.05) is 52.4 Å². The molecule has 0 aromatic rings. The maximum Gasteiger partial charge on any atom is 0.319 e. The number of nitrogens with one attached hydrogen (secondary N) is 1. The van der Waals surface area contributed by atoms with Gasteiger partial charge in [0.1, 0.15) is 0 Å². The second-order valence-corrected chi connectivity index (χ2v) is 6.81. The molecule has 2 rings (SSSR count). The topological polar surface area (TPSA) is 38.8 Å². The van der Waals surface area contributed by atoms with E-state index in [2.05, 4.69) is 17.3 Å². The van der Waals surface area contributed by atoms with Crippen molar-refractivity contribution < 1.29 is 4.79 Å². The van der Waals surface area contributed by atoms with E-state index in [0.717, 1.165) is 45.1 Å². The van der Waals surface area contributed by atoms with Crippen molar-refractivity contribution in [3.05, 3.63) is 0 Å². The Hall–Kier alpha value is -0.810. The lowest BCUT2D eigenvalue weighted by molar-refractivity contribution is 0.151. The van der Waals surface area contributed by atoms with E-state index in [9.17, 15) is 4.79 Å². The lowest BCUT2D eigenvalue weighted by Gasteiger charge is -2.34. The third-order valence-electron chi connectivity index (χ3n) is 4.99. The summed E-state index contributed by atoms with van der Waals surface area (Å²) < 4.78 is 0. The van der Waals surface area contributed by atoms with Crippen molar-refractivity contribution in [3.8, 4) is 0 Å². The van der Waals surface area contributed by atoms with Gasteiger partial charge in [-0.25, -0.2) is 4.79 Å². The summed E-state index contributed by atoms with van der Waals surface area (Å²) in [5, 5.41) is 3.67. The molecule has 0 unspecified atom stereocenters. The zero-order chi connectivity index (χ0) is 15.2. The maximum absolute atomic E-state index is 11.9. The van der Waals surface area contributed by atoms with Crippen LogP contribution < -0.4 is 5.32 Å². The summed E-state index contributed by atoms with van der Waals surface area (Å²) in [5.41, 5.74) is 0. The average Bonchev–Trinajstić information content (AvgIpc) is 3.01. The monoisotopic (exact) mass is 296 g/mol. The van der Waals surface area contributed by atoms with Crippen LogP contribution in [-0.2, 0) is 0 Å². The third kappa shape index (κ3) is 4.85. The highest BCUT2D eigenvalue weighted by molar-refractivity contribution is 5.73. The molecule has 2 fully saturated rings. The second-order valence-electron chi connectivity index (χ2n) is 6.81. The fraction of sp³-hybridized carbons (Fsp3) is 0.938. The molecular weight excluding hydrogens is 264 g/mol. The Balaban J connectivity index is 1.59. The zero-order valence-electron chi connectivity index (χ0n) is 14.0. The van der Waals surface area contributed by atoms with Crippen LogP contribution in [0.25, 0.3) is 0 Å². The highest BCUT2D eigenvalue weighted by Gasteiger charge is 2.24. The molecule has 0 bridgehead atoms. The number of likely N-dealkylation sites (N-methyl/N-ethyl adjacent to an activating group) is 1. The summed E-state index contributed by atoms with van der Waals surface area (Å²) >= 11 is 0. The van der Waals surface area contributed by atoms with E-state index in [1.807, 2.05) is 19.0 Å². The smallest absolute Gasteiger partial charge is 0.319 e. The predicted octanol–water partition coefficient (Wildman–Crippen LogP) is 1.60. The molecule has 21 heavy (non-hydrogen) atoms. The van der Waals surface area contributed by atoms with Crippen LogP contribution in [0.2, 0.25) is 0 Å². The van der Waals surface area contributed by atoms with Crippen molar-refractivity contribution in [1.82, 2.24) is 20.0 Å². The van der Waals surface area contributed by atoms with Crippen molar-refractivity contribution in [1.29, 1.82) is 0 Å². The molecule has 0 atom stereocenters. The molecule has 1 aliphatic carbocycles. The van der Waals surface area contributed by atoms with Crippen LogP contribution in [0, 0.1) is 0 Å². The van der Waals surface area contributed by atoms with Crippen LogP contribution in [0.3, 0.4) is 0 Å². The van der Waals surface area contributed by atoms with Gasteiger partial charge in [-0.3, -0.25) is 0 Å². The number of urea groups is 1. The first-order chi connectivity index (χ1) is 10.1. The maximum atomic E-state index is 11.9.